The van der Waals surface area contributed by atoms with Crippen LogP contribution in [-0.4, -0.2) is 33.8 Å². The zero-order valence-corrected chi connectivity index (χ0v) is 14.7. The summed E-state index contributed by atoms with van der Waals surface area (Å²) < 4.78 is 0. The summed E-state index contributed by atoms with van der Waals surface area (Å²) in [5.41, 5.74) is 13.1. The number of nitrogens with two attached hydrogens (primary N) is 2. The number of nitrogens with one attached hydrogen (secondary N) is 3. The molecule has 1 aromatic carbocycles. The number of benzene rings is 1. The van der Waals surface area contributed by atoms with Gasteiger partial charge in [0.05, 0.1) is 0 Å². The number of aryl methyl sites for hydroxylation is 1. The van der Waals surface area contributed by atoms with E-state index in [1.807, 2.05) is 0 Å². The van der Waals surface area contributed by atoms with Crippen LogP contribution < -0.4 is 16.8 Å². The Labute approximate surface area is 145 Å². The Kier molecular flexibility index (Phi) is 8.57. The normalized spacial score (nSPS) is 11.7. The highest BCUT2D eigenvalue weighted by atomic mass is 32.2. The zero-order chi connectivity index (χ0) is 17.2. The highest BCUT2D eigenvalue weighted by Gasteiger charge is 2.13. The average molecular weight is 354 g/mol. The maximum atomic E-state index is 11.0. The summed E-state index contributed by atoms with van der Waals surface area (Å²) in [6.07, 6.45) is 1.59. The molecule has 0 aliphatic heterocycles. The Morgan fingerprint density at radius 2 is 1.78 bits per heavy atom. The van der Waals surface area contributed by atoms with E-state index in [2.05, 4.69) is 29.6 Å². The third-order valence-corrected chi connectivity index (χ3v) is 4.65. The molecular weight excluding hydrogens is 330 g/mol. The Bertz CT molecular complexity index is 547. The zero-order valence-electron chi connectivity index (χ0n) is 13.1. The van der Waals surface area contributed by atoms with E-state index in [1.165, 1.54) is 36.0 Å². The van der Waals surface area contributed by atoms with Gasteiger partial charge in [0.1, 0.15) is 0 Å². The first-order valence-corrected chi connectivity index (χ1v) is 9.03. The van der Waals surface area contributed by atoms with Gasteiger partial charge in [-0.25, -0.2) is 0 Å². The number of thioether (sulfide) groups is 2. The van der Waals surface area contributed by atoms with Crippen LogP contribution in [0.25, 0.3) is 0 Å². The summed E-state index contributed by atoms with van der Waals surface area (Å²) in [7, 11) is 0. The van der Waals surface area contributed by atoms with Gasteiger partial charge < -0.3 is 16.8 Å². The fraction of sp³-hybridized carbons (Fsp3) is 0.400. The molecule has 23 heavy (non-hydrogen) atoms. The fourth-order valence-electron chi connectivity index (χ4n) is 1.98. The molecule has 0 bridgehead atoms. The number of carbonyl (C=O) groups excluding carboxylic acids is 1. The van der Waals surface area contributed by atoms with E-state index in [0.29, 0.717) is 6.54 Å². The Balaban J connectivity index is 2.56. The number of amides is 1. The predicted molar refractivity (Wildman–Crippen MR) is 100 cm³/mol. The molecule has 8 heteroatoms. The largest absolute Gasteiger partial charge is 0.379 e. The highest BCUT2D eigenvalue weighted by Crippen LogP contribution is 2.17. The molecule has 7 N–H and O–H groups in total. The molecule has 0 spiro atoms. The topological polar surface area (TPSA) is 129 Å². The van der Waals surface area contributed by atoms with Gasteiger partial charge >= 0.3 is 0 Å². The lowest BCUT2D eigenvalue weighted by Gasteiger charge is -2.16. The molecule has 0 heterocycles. The number of rotatable bonds is 8. The second-order valence-corrected chi connectivity index (χ2v) is 7.50. The van der Waals surface area contributed by atoms with E-state index in [0.717, 1.165) is 24.2 Å². The van der Waals surface area contributed by atoms with Crippen LogP contribution in [0.4, 0.5) is 0 Å². The monoisotopic (exact) mass is 353 g/mol. The van der Waals surface area contributed by atoms with Gasteiger partial charge in [-0.15, -0.1) is 0 Å². The summed E-state index contributed by atoms with van der Waals surface area (Å²) in [4.78, 5) is 11.0. The summed E-state index contributed by atoms with van der Waals surface area (Å²) in [5, 5.41) is 17.6. The van der Waals surface area contributed by atoms with Crippen LogP contribution in [0.1, 0.15) is 18.1 Å². The van der Waals surface area contributed by atoms with Crippen molar-refractivity contribution in [2.75, 3.05) is 12.3 Å². The molecule has 1 atom stereocenters. The number of amidine groups is 2. The molecule has 0 saturated heterocycles. The van der Waals surface area contributed by atoms with Crippen LogP contribution in [0.3, 0.4) is 0 Å². The Hall–Kier alpha value is -1.67. The number of hydrogen-bond donors (Lipinski definition) is 5. The van der Waals surface area contributed by atoms with Gasteiger partial charge in [0.25, 0.3) is 0 Å². The van der Waals surface area contributed by atoms with Crippen LogP contribution in [0.5, 0.6) is 0 Å². The molecule has 1 rings (SSSR count). The van der Waals surface area contributed by atoms with Crippen molar-refractivity contribution in [3.05, 3.63) is 35.4 Å². The molecule has 1 amide bonds. The third kappa shape index (κ3) is 9.14. The van der Waals surface area contributed by atoms with Crippen molar-refractivity contribution in [1.82, 2.24) is 5.32 Å². The lowest BCUT2D eigenvalue weighted by molar-refractivity contribution is -0.118. The predicted octanol–water partition coefficient (Wildman–Crippen LogP) is 1.53. The molecule has 0 aromatic heterocycles. The Morgan fingerprint density at radius 1 is 1.17 bits per heavy atom. The van der Waals surface area contributed by atoms with E-state index >= 15 is 0 Å². The quantitative estimate of drug-likeness (QED) is 0.357. The summed E-state index contributed by atoms with van der Waals surface area (Å²) in [6, 6.07) is 8.22. The van der Waals surface area contributed by atoms with Gasteiger partial charge in [-0.05, 0) is 24.0 Å². The minimum absolute atomic E-state index is 0.0375. The third-order valence-electron chi connectivity index (χ3n) is 3.01. The van der Waals surface area contributed by atoms with Gasteiger partial charge in [0.15, 0.2) is 10.3 Å². The van der Waals surface area contributed by atoms with Crippen molar-refractivity contribution in [3.8, 4) is 0 Å². The second-order valence-electron chi connectivity index (χ2n) is 5.02. The van der Waals surface area contributed by atoms with Crippen LogP contribution in [0.15, 0.2) is 24.3 Å². The highest BCUT2D eigenvalue weighted by molar-refractivity contribution is 8.14. The maximum absolute atomic E-state index is 11.0. The van der Waals surface area contributed by atoms with E-state index in [-0.39, 0.29) is 21.5 Å². The summed E-state index contributed by atoms with van der Waals surface area (Å²) >= 11 is 2.60. The molecule has 0 aliphatic carbocycles. The fourth-order valence-corrected chi connectivity index (χ4v) is 3.34. The van der Waals surface area contributed by atoms with Crippen molar-refractivity contribution >= 4 is 39.8 Å². The molecule has 0 radical (unpaired) electrons. The van der Waals surface area contributed by atoms with Gasteiger partial charge in [0.2, 0.25) is 5.91 Å². The molecule has 6 nitrogen and oxygen atoms in total. The van der Waals surface area contributed by atoms with Crippen molar-refractivity contribution in [1.29, 1.82) is 10.8 Å². The SMILES string of the molecule is CC(=O)NC[C@H](Cc1ccc(CCSC(=N)N)cc1)SC(=N)N. The first-order valence-electron chi connectivity index (χ1n) is 7.16. The standard InChI is InChI=1S/C15H23N5OS2/c1-10(21)20-9-13(23-15(18)19)8-12-4-2-11(3-5-12)6-7-22-14(16)17/h2-5,13H,6-9H2,1H3,(H3,16,17)(H3,18,19)(H,20,21)/t13-/m0/s1. The van der Waals surface area contributed by atoms with Crippen LogP contribution in [0.2, 0.25) is 0 Å². The lowest BCUT2D eigenvalue weighted by atomic mass is 10.1. The lowest BCUT2D eigenvalue weighted by Crippen LogP contribution is -2.31. The van der Waals surface area contributed by atoms with Crippen molar-refractivity contribution in [3.63, 3.8) is 0 Å². The molecule has 0 unspecified atom stereocenters. The smallest absolute Gasteiger partial charge is 0.216 e. The number of carbonyl (C=O) groups is 1. The molecule has 0 saturated carbocycles. The van der Waals surface area contributed by atoms with E-state index in [4.69, 9.17) is 22.3 Å². The Morgan fingerprint density at radius 3 is 2.30 bits per heavy atom. The van der Waals surface area contributed by atoms with Crippen LogP contribution in [-0.2, 0) is 17.6 Å². The van der Waals surface area contributed by atoms with Crippen LogP contribution >= 0.6 is 23.5 Å². The molecular formula is C15H23N5OS2. The minimum atomic E-state index is -0.0857. The van der Waals surface area contributed by atoms with Gasteiger partial charge in [0, 0.05) is 24.5 Å². The van der Waals surface area contributed by atoms with E-state index in [9.17, 15) is 4.79 Å². The first-order chi connectivity index (χ1) is 10.9. The molecule has 0 fully saturated rings. The van der Waals surface area contributed by atoms with Crippen molar-refractivity contribution in [2.45, 2.75) is 25.0 Å². The number of hydrogen-bond acceptors (Lipinski definition) is 5. The minimum Gasteiger partial charge on any atom is -0.379 e. The van der Waals surface area contributed by atoms with Gasteiger partial charge in [-0.3, -0.25) is 15.6 Å². The second kappa shape index (κ2) is 10.2. The van der Waals surface area contributed by atoms with Crippen LogP contribution in [0, 0.1) is 10.8 Å². The average Bonchev–Trinajstić information content (AvgIpc) is 2.45. The summed E-state index contributed by atoms with van der Waals surface area (Å²) in [5.74, 6) is 0.706. The van der Waals surface area contributed by atoms with Gasteiger partial charge in [-0.2, -0.15) is 0 Å². The van der Waals surface area contributed by atoms with E-state index < -0.39 is 0 Å². The van der Waals surface area contributed by atoms with E-state index in [1.54, 1.807) is 0 Å². The first kappa shape index (κ1) is 19.4. The van der Waals surface area contributed by atoms with Crippen molar-refractivity contribution < 1.29 is 4.79 Å². The molecule has 0 aliphatic rings. The summed E-state index contributed by atoms with van der Waals surface area (Å²) in [6.45, 7) is 1.96. The van der Waals surface area contributed by atoms with Crippen molar-refractivity contribution in [2.24, 2.45) is 11.5 Å². The van der Waals surface area contributed by atoms with Gasteiger partial charge in [-0.1, -0.05) is 47.8 Å². The molecule has 126 valence electrons. The molecule has 1 aromatic rings. The maximum Gasteiger partial charge on any atom is 0.216 e.